The van der Waals surface area contributed by atoms with Crippen molar-refractivity contribution >= 4 is 18.4 Å². The van der Waals surface area contributed by atoms with Crippen molar-refractivity contribution < 1.29 is 15.0 Å². The van der Waals surface area contributed by atoms with E-state index < -0.39 is 18.1 Å². The van der Waals surface area contributed by atoms with E-state index in [9.17, 15) is 4.79 Å². The lowest BCUT2D eigenvalue weighted by Gasteiger charge is -2.10. The average molecular weight is 170 g/mol. The van der Waals surface area contributed by atoms with Gasteiger partial charge < -0.3 is 15.9 Å². The Balaban J connectivity index is 0. The Hall–Kier alpha value is -0.320. The first-order chi connectivity index (χ1) is 4.09. The van der Waals surface area contributed by atoms with Gasteiger partial charge in [-0.05, 0) is 6.42 Å². The summed E-state index contributed by atoms with van der Waals surface area (Å²) in [5.74, 6) is -1.16. The standard InChI is InChI=1S/C5H11NO3.ClH/c1-2-3(7)4(6)5(8)9;/h3-4,7H,2,6H2,1H3,(H,8,9);1H. The Labute approximate surface area is 65.4 Å². The van der Waals surface area contributed by atoms with Crippen molar-refractivity contribution in [2.75, 3.05) is 0 Å². The van der Waals surface area contributed by atoms with Gasteiger partial charge in [-0.2, -0.15) is 0 Å². The summed E-state index contributed by atoms with van der Waals surface area (Å²) in [6.45, 7) is 1.67. The SMILES string of the molecule is CCC(O)C(N)C(=O)O.Cl. The number of aliphatic carboxylic acids is 1. The molecule has 0 heterocycles. The molecular formula is C5H12ClNO3. The molecule has 0 spiro atoms. The van der Waals surface area contributed by atoms with E-state index in [-0.39, 0.29) is 12.4 Å². The Kier molecular flexibility index (Phi) is 6.76. The van der Waals surface area contributed by atoms with Crippen LogP contribution in [0.2, 0.25) is 0 Å². The highest BCUT2D eigenvalue weighted by atomic mass is 35.5. The van der Waals surface area contributed by atoms with Gasteiger partial charge in [-0.15, -0.1) is 12.4 Å². The van der Waals surface area contributed by atoms with Gasteiger partial charge in [-0.25, -0.2) is 0 Å². The molecule has 10 heavy (non-hydrogen) atoms. The second kappa shape index (κ2) is 5.46. The number of hydrogen-bond donors (Lipinski definition) is 3. The van der Waals surface area contributed by atoms with E-state index in [0.29, 0.717) is 6.42 Å². The van der Waals surface area contributed by atoms with E-state index in [0.717, 1.165) is 0 Å². The number of rotatable bonds is 3. The minimum Gasteiger partial charge on any atom is -0.480 e. The number of halogens is 1. The summed E-state index contributed by atoms with van der Waals surface area (Å²) < 4.78 is 0. The normalized spacial score (nSPS) is 15.1. The van der Waals surface area contributed by atoms with Crippen LogP contribution < -0.4 is 5.73 Å². The maximum absolute atomic E-state index is 10.0. The number of carboxylic acid groups (broad SMARTS) is 1. The largest absolute Gasteiger partial charge is 0.480 e. The van der Waals surface area contributed by atoms with Gasteiger partial charge >= 0.3 is 5.97 Å². The van der Waals surface area contributed by atoms with Crippen molar-refractivity contribution in [1.82, 2.24) is 0 Å². The summed E-state index contributed by atoms with van der Waals surface area (Å²) in [6.07, 6.45) is -0.560. The van der Waals surface area contributed by atoms with Gasteiger partial charge in [-0.1, -0.05) is 6.92 Å². The Morgan fingerprint density at radius 2 is 2.10 bits per heavy atom. The van der Waals surface area contributed by atoms with Crippen molar-refractivity contribution in [3.63, 3.8) is 0 Å². The predicted octanol–water partition coefficient (Wildman–Crippen LogP) is -0.409. The van der Waals surface area contributed by atoms with E-state index in [1.165, 1.54) is 0 Å². The van der Waals surface area contributed by atoms with Gasteiger partial charge in [0.1, 0.15) is 6.04 Å². The summed E-state index contributed by atoms with van der Waals surface area (Å²) in [6, 6.07) is -1.14. The van der Waals surface area contributed by atoms with Gasteiger partial charge in [0.05, 0.1) is 6.10 Å². The monoisotopic (exact) mass is 169 g/mol. The fourth-order valence-corrected chi connectivity index (χ4v) is 0.419. The summed E-state index contributed by atoms with van der Waals surface area (Å²) in [7, 11) is 0. The molecule has 2 atom stereocenters. The van der Waals surface area contributed by atoms with E-state index in [4.69, 9.17) is 15.9 Å². The molecule has 4 N–H and O–H groups in total. The molecule has 0 rings (SSSR count). The quantitative estimate of drug-likeness (QED) is 0.537. The Morgan fingerprint density at radius 1 is 1.70 bits per heavy atom. The van der Waals surface area contributed by atoms with Crippen molar-refractivity contribution in [1.29, 1.82) is 0 Å². The molecule has 0 saturated carbocycles. The summed E-state index contributed by atoms with van der Waals surface area (Å²) in [5, 5.41) is 17.0. The van der Waals surface area contributed by atoms with Crippen LogP contribution in [-0.4, -0.2) is 28.3 Å². The summed E-state index contributed by atoms with van der Waals surface area (Å²) in [4.78, 5) is 10.0. The molecule has 0 bridgehead atoms. The first-order valence-corrected chi connectivity index (χ1v) is 2.76. The second-order valence-corrected chi connectivity index (χ2v) is 1.84. The molecule has 0 aliphatic rings. The lowest BCUT2D eigenvalue weighted by atomic mass is 10.1. The van der Waals surface area contributed by atoms with E-state index in [1.807, 2.05) is 0 Å². The van der Waals surface area contributed by atoms with Crippen LogP contribution in [0.1, 0.15) is 13.3 Å². The van der Waals surface area contributed by atoms with Crippen LogP contribution in [0.5, 0.6) is 0 Å². The van der Waals surface area contributed by atoms with Crippen molar-refractivity contribution in [2.24, 2.45) is 5.73 Å². The maximum atomic E-state index is 10.0. The van der Waals surface area contributed by atoms with Gasteiger partial charge in [-0.3, -0.25) is 4.79 Å². The average Bonchev–Trinajstić information content (AvgIpc) is 1.84. The highest BCUT2D eigenvalue weighted by Gasteiger charge is 2.19. The van der Waals surface area contributed by atoms with Crippen LogP contribution >= 0.6 is 12.4 Å². The van der Waals surface area contributed by atoms with Crippen molar-refractivity contribution in [2.45, 2.75) is 25.5 Å². The third-order valence-electron chi connectivity index (χ3n) is 1.12. The molecule has 0 aliphatic heterocycles. The predicted molar refractivity (Wildman–Crippen MR) is 39.2 cm³/mol. The van der Waals surface area contributed by atoms with Crippen LogP contribution in [0, 0.1) is 0 Å². The molecule has 0 aromatic carbocycles. The number of nitrogens with two attached hydrogens (primary N) is 1. The number of aliphatic hydroxyl groups is 1. The first-order valence-electron chi connectivity index (χ1n) is 2.76. The molecule has 4 nitrogen and oxygen atoms in total. The number of carbonyl (C=O) groups is 1. The number of carboxylic acids is 1. The zero-order chi connectivity index (χ0) is 7.44. The fourth-order valence-electron chi connectivity index (χ4n) is 0.419. The van der Waals surface area contributed by atoms with Gasteiger partial charge in [0, 0.05) is 0 Å². The molecular weight excluding hydrogens is 158 g/mol. The number of hydrogen-bond acceptors (Lipinski definition) is 3. The minimum absolute atomic E-state index is 0. The summed E-state index contributed by atoms with van der Waals surface area (Å²) in [5.41, 5.74) is 5.02. The topological polar surface area (TPSA) is 83.5 Å². The van der Waals surface area contributed by atoms with E-state index >= 15 is 0 Å². The molecule has 5 heteroatoms. The highest BCUT2D eigenvalue weighted by Crippen LogP contribution is 1.94. The van der Waals surface area contributed by atoms with Gasteiger partial charge in [0.2, 0.25) is 0 Å². The zero-order valence-corrected chi connectivity index (χ0v) is 6.47. The van der Waals surface area contributed by atoms with E-state index in [2.05, 4.69) is 0 Å². The van der Waals surface area contributed by atoms with Crippen molar-refractivity contribution in [3.05, 3.63) is 0 Å². The van der Waals surface area contributed by atoms with Crippen LogP contribution in [-0.2, 0) is 4.79 Å². The van der Waals surface area contributed by atoms with Crippen LogP contribution in [0.15, 0.2) is 0 Å². The third kappa shape index (κ3) is 3.66. The summed E-state index contributed by atoms with van der Waals surface area (Å²) >= 11 is 0. The lowest BCUT2D eigenvalue weighted by molar-refractivity contribution is -0.141. The lowest BCUT2D eigenvalue weighted by Crippen LogP contribution is -2.41. The molecule has 0 radical (unpaired) electrons. The Morgan fingerprint density at radius 3 is 2.20 bits per heavy atom. The fraction of sp³-hybridized carbons (Fsp3) is 0.800. The zero-order valence-electron chi connectivity index (χ0n) is 5.65. The Bertz CT molecular complexity index is 109. The minimum atomic E-state index is -1.16. The highest BCUT2D eigenvalue weighted by molar-refractivity contribution is 5.85. The molecule has 0 fully saturated rings. The first kappa shape index (κ1) is 12.4. The molecule has 0 aromatic heterocycles. The van der Waals surface area contributed by atoms with E-state index in [1.54, 1.807) is 6.92 Å². The maximum Gasteiger partial charge on any atom is 0.323 e. The van der Waals surface area contributed by atoms with Crippen LogP contribution in [0.25, 0.3) is 0 Å². The molecule has 0 aliphatic carbocycles. The molecule has 2 unspecified atom stereocenters. The van der Waals surface area contributed by atoms with Gasteiger partial charge in [0.25, 0.3) is 0 Å². The van der Waals surface area contributed by atoms with Crippen LogP contribution in [0.4, 0.5) is 0 Å². The van der Waals surface area contributed by atoms with Crippen LogP contribution in [0.3, 0.4) is 0 Å². The molecule has 0 aromatic rings. The van der Waals surface area contributed by atoms with Gasteiger partial charge in [0.15, 0.2) is 0 Å². The molecule has 0 saturated heterocycles. The van der Waals surface area contributed by atoms with Crippen molar-refractivity contribution in [3.8, 4) is 0 Å². The molecule has 0 amide bonds. The smallest absolute Gasteiger partial charge is 0.323 e. The molecule has 62 valence electrons. The second-order valence-electron chi connectivity index (χ2n) is 1.84. The number of aliphatic hydroxyl groups excluding tert-OH is 1. The third-order valence-corrected chi connectivity index (χ3v) is 1.12.